The summed E-state index contributed by atoms with van der Waals surface area (Å²) >= 11 is 1.65. The second kappa shape index (κ2) is 4.21. The van der Waals surface area contributed by atoms with Gasteiger partial charge in [-0.05, 0) is 19.3 Å². The molecule has 0 bridgehead atoms. The molecule has 1 unspecified atom stereocenters. The van der Waals surface area contributed by atoms with Gasteiger partial charge in [0.05, 0.1) is 6.04 Å². The Bertz CT molecular complexity index is 444. The first-order chi connectivity index (χ1) is 8.24. The lowest BCUT2D eigenvalue weighted by Crippen LogP contribution is -2.35. The maximum atomic E-state index is 10.6. The van der Waals surface area contributed by atoms with Crippen LogP contribution in [0.2, 0.25) is 0 Å². The molecule has 7 heteroatoms. The third kappa shape index (κ3) is 2.24. The number of fused-ring (bicyclic) bond motifs is 1. The topological polar surface area (TPSA) is 80.0 Å². The zero-order valence-corrected chi connectivity index (χ0v) is 10.1. The molecule has 1 atom stereocenters. The predicted molar refractivity (Wildman–Crippen MR) is 62.7 cm³/mol. The van der Waals surface area contributed by atoms with Gasteiger partial charge >= 0.3 is 5.97 Å². The summed E-state index contributed by atoms with van der Waals surface area (Å²) in [5, 5.41) is 17.9. The van der Waals surface area contributed by atoms with Crippen LogP contribution in [0.4, 0.5) is 0 Å². The van der Waals surface area contributed by atoms with Crippen molar-refractivity contribution in [1.29, 1.82) is 0 Å². The van der Waals surface area contributed by atoms with E-state index in [4.69, 9.17) is 5.11 Å². The quantitative estimate of drug-likeness (QED) is 0.835. The van der Waals surface area contributed by atoms with Crippen LogP contribution in [-0.2, 0) is 4.79 Å². The smallest absolute Gasteiger partial charge is 0.303 e. The van der Waals surface area contributed by atoms with E-state index in [2.05, 4.69) is 15.6 Å². The lowest BCUT2D eigenvalue weighted by Gasteiger charge is -2.25. The van der Waals surface area contributed by atoms with Crippen molar-refractivity contribution in [2.45, 2.75) is 42.8 Å². The van der Waals surface area contributed by atoms with Crippen molar-refractivity contribution in [3.05, 3.63) is 5.82 Å². The van der Waals surface area contributed by atoms with Gasteiger partial charge in [0, 0.05) is 18.1 Å². The Hall–Kier alpha value is -1.24. The number of carboxylic acids is 1. The highest BCUT2D eigenvalue weighted by molar-refractivity contribution is 7.99. The van der Waals surface area contributed by atoms with E-state index in [0.717, 1.165) is 16.7 Å². The fraction of sp³-hybridized carbons (Fsp3) is 0.700. The minimum atomic E-state index is -0.742. The lowest BCUT2D eigenvalue weighted by molar-refractivity contribution is -0.137. The van der Waals surface area contributed by atoms with Gasteiger partial charge < -0.3 is 10.5 Å². The molecule has 0 spiro atoms. The number of nitrogens with one attached hydrogen (secondary N) is 1. The first-order valence-electron chi connectivity index (χ1n) is 5.80. The van der Waals surface area contributed by atoms with Crippen molar-refractivity contribution < 1.29 is 9.90 Å². The molecule has 17 heavy (non-hydrogen) atoms. The highest BCUT2D eigenvalue weighted by Crippen LogP contribution is 2.40. The molecule has 1 saturated carbocycles. The number of carboxylic acid groups (broad SMARTS) is 1. The van der Waals surface area contributed by atoms with E-state index in [0.29, 0.717) is 12.3 Å². The number of aromatic nitrogens is 3. The monoisotopic (exact) mass is 254 g/mol. The fourth-order valence-corrected chi connectivity index (χ4v) is 2.91. The van der Waals surface area contributed by atoms with Crippen molar-refractivity contribution in [1.82, 2.24) is 14.9 Å². The van der Waals surface area contributed by atoms with Gasteiger partial charge in [-0.3, -0.25) is 4.79 Å². The summed E-state index contributed by atoms with van der Waals surface area (Å²) in [5.41, 5.74) is 3.33. The Balaban J connectivity index is 1.70. The number of nitrogens with zero attached hydrogens (tertiary/aromatic N) is 3. The number of hydrogen-bond donors (Lipinski definition) is 2. The van der Waals surface area contributed by atoms with E-state index >= 15 is 0 Å². The van der Waals surface area contributed by atoms with Crippen molar-refractivity contribution in [3.63, 3.8) is 0 Å². The molecule has 1 fully saturated rings. The SMILES string of the molecule is O=C(O)CCC1CSc2nnc(C3CC3)n2N1. The molecule has 1 aliphatic heterocycles. The Labute approximate surface area is 103 Å². The van der Waals surface area contributed by atoms with Crippen LogP contribution in [-0.4, -0.2) is 37.7 Å². The lowest BCUT2D eigenvalue weighted by atomic mass is 10.2. The van der Waals surface area contributed by atoms with E-state index in [1.807, 2.05) is 4.68 Å². The molecule has 3 rings (SSSR count). The zero-order chi connectivity index (χ0) is 11.8. The summed E-state index contributed by atoms with van der Waals surface area (Å²) in [6.45, 7) is 0. The summed E-state index contributed by atoms with van der Waals surface area (Å²) in [6.07, 6.45) is 3.22. The first-order valence-corrected chi connectivity index (χ1v) is 6.79. The second-order valence-electron chi connectivity index (χ2n) is 4.52. The van der Waals surface area contributed by atoms with Crippen LogP contribution in [0.3, 0.4) is 0 Å². The maximum absolute atomic E-state index is 10.6. The van der Waals surface area contributed by atoms with Gasteiger partial charge in [0.1, 0.15) is 0 Å². The minimum absolute atomic E-state index is 0.192. The molecule has 6 nitrogen and oxygen atoms in total. The fourth-order valence-electron chi connectivity index (χ4n) is 1.94. The average Bonchev–Trinajstić information content (AvgIpc) is 3.07. The van der Waals surface area contributed by atoms with E-state index in [-0.39, 0.29) is 12.5 Å². The molecule has 0 radical (unpaired) electrons. The highest BCUT2D eigenvalue weighted by Gasteiger charge is 2.33. The van der Waals surface area contributed by atoms with Crippen molar-refractivity contribution in [2.24, 2.45) is 0 Å². The van der Waals surface area contributed by atoms with Gasteiger partial charge in [-0.2, -0.15) is 0 Å². The second-order valence-corrected chi connectivity index (χ2v) is 5.51. The third-order valence-electron chi connectivity index (χ3n) is 3.03. The van der Waals surface area contributed by atoms with Crippen LogP contribution in [0.25, 0.3) is 0 Å². The minimum Gasteiger partial charge on any atom is -0.481 e. The van der Waals surface area contributed by atoms with Gasteiger partial charge in [0.25, 0.3) is 0 Å². The molecule has 1 aromatic heterocycles. The highest BCUT2D eigenvalue weighted by atomic mass is 32.2. The number of hydrogen-bond acceptors (Lipinski definition) is 5. The van der Waals surface area contributed by atoms with E-state index < -0.39 is 5.97 Å². The van der Waals surface area contributed by atoms with E-state index in [1.54, 1.807) is 11.8 Å². The van der Waals surface area contributed by atoms with Crippen LogP contribution in [0.5, 0.6) is 0 Å². The molecule has 0 aromatic carbocycles. The van der Waals surface area contributed by atoms with Crippen LogP contribution >= 0.6 is 11.8 Å². The predicted octanol–water partition coefficient (Wildman–Crippen LogP) is 1.04. The molecular weight excluding hydrogens is 240 g/mol. The summed E-state index contributed by atoms with van der Waals surface area (Å²) < 4.78 is 1.96. The standard InChI is InChI=1S/C10H14N4O2S/c15-8(16)4-3-7-5-17-10-12-11-9(6-1-2-6)14(10)13-7/h6-7,13H,1-5H2,(H,15,16). The zero-order valence-electron chi connectivity index (χ0n) is 9.30. The molecule has 2 aliphatic rings. The largest absolute Gasteiger partial charge is 0.481 e. The molecule has 1 aliphatic carbocycles. The van der Waals surface area contributed by atoms with Crippen LogP contribution < -0.4 is 5.43 Å². The Kier molecular flexibility index (Phi) is 2.70. The average molecular weight is 254 g/mol. The number of carbonyl (C=O) groups is 1. The molecule has 2 heterocycles. The number of thioether (sulfide) groups is 1. The normalized spacial score (nSPS) is 22.9. The summed E-state index contributed by atoms with van der Waals surface area (Å²) in [5.74, 6) is 1.67. The third-order valence-corrected chi connectivity index (χ3v) is 4.12. The van der Waals surface area contributed by atoms with Crippen molar-refractivity contribution >= 4 is 17.7 Å². The first kappa shape index (κ1) is 10.9. The Morgan fingerprint density at radius 3 is 3.06 bits per heavy atom. The maximum Gasteiger partial charge on any atom is 0.303 e. The van der Waals surface area contributed by atoms with Gasteiger partial charge in [0.2, 0.25) is 5.16 Å². The summed E-state index contributed by atoms with van der Waals surface area (Å²) in [4.78, 5) is 10.6. The van der Waals surface area contributed by atoms with Gasteiger partial charge in [-0.1, -0.05) is 11.8 Å². The van der Waals surface area contributed by atoms with Gasteiger partial charge in [-0.15, -0.1) is 10.2 Å². The van der Waals surface area contributed by atoms with Crippen molar-refractivity contribution in [3.8, 4) is 0 Å². The molecule has 0 saturated heterocycles. The molecule has 1 aromatic rings. The summed E-state index contributed by atoms with van der Waals surface area (Å²) in [7, 11) is 0. The Morgan fingerprint density at radius 1 is 1.53 bits per heavy atom. The number of aliphatic carboxylic acids is 1. The molecule has 2 N–H and O–H groups in total. The van der Waals surface area contributed by atoms with Crippen molar-refractivity contribution in [2.75, 3.05) is 11.2 Å². The van der Waals surface area contributed by atoms with Gasteiger partial charge in [-0.25, -0.2) is 4.68 Å². The summed E-state index contributed by atoms with van der Waals surface area (Å²) in [6, 6.07) is 0.192. The van der Waals surface area contributed by atoms with E-state index in [9.17, 15) is 4.79 Å². The van der Waals surface area contributed by atoms with Crippen LogP contribution in [0, 0.1) is 0 Å². The molecule has 92 valence electrons. The van der Waals surface area contributed by atoms with Crippen LogP contribution in [0.1, 0.15) is 37.4 Å². The Morgan fingerprint density at radius 2 is 2.35 bits per heavy atom. The van der Waals surface area contributed by atoms with Crippen LogP contribution in [0.15, 0.2) is 5.16 Å². The van der Waals surface area contributed by atoms with E-state index in [1.165, 1.54) is 12.8 Å². The molecular formula is C10H14N4O2S. The molecule has 0 amide bonds. The number of rotatable bonds is 4. The van der Waals surface area contributed by atoms with Gasteiger partial charge in [0.15, 0.2) is 5.82 Å².